The van der Waals surface area contributed by atoms with Gasteiger partial charge in [-0.15, -0.1) is 0 Å². The minimum absolute atomic E-state index is 0.0191. The van der Waals surface area contributed by atoms with Crippen molar-refractivity contribution in [2.24, 2.45) is 27.6 Å². The second kappa shape index (κ2) is 20.5. The third-order valence-electron chi connectivity index (χ3n) is 6.05. The molecule has 0 aromatic rings. The highest BCUT2D eigenvalue weighted by atomic mass is 19.4. The Balaban J connectivity index is -0.000000444. The van der Waals surface area contributed by atoms with Gasteiger partial charge >= 0.3 is 6.18 Å². The molecule has 0 aromatic carbocycles. The van der Waals surface area contributed by atoms with E-state index in [-0.39, 0.29) is 30.3 Å². The zero-order valence-corrected chi connectivity index (χ0v) is 27.8. The van der Waals surface area contributed by atoms with E-state index < -0.39 is 19.0 Å². The fourth-order valence-electron chi connectivity index (χ4n) is 3.40. The molecule has 0 atom stereocenters. The predicted molar refractivity (Wildman–Crippen MR) is 159 cm³/mol. The fraction of sp³-hybridized carbons (Fsp3) is 1.00. The van der Waals surface area contributed by atoms with Gasteiger partial charge in [0.2, 0.25) is 6.43 Å². The van der Waals surface area contributed by atoms with Crippen molar-refractivity contribution < 1.29 is 26.3 Å². The molecule has 0 saturated heterocycles. The SMILES string of the molecule is CC(C)(C)CCC1CC1.CC(C)(C)CCCC(F)(F)F.CC(C)(C)CCCC(F)F.CC(C)(C)CCCCF. The first-order chi connectivity index (χ1) is 17.3. The van der Waals surface area contributed by atoms with E-state index in [1.807, 2.05) is 20.8 Å². The van der Waals surface area contributed by atoms with Crippen molar-refractivity contribution in [2.75, 3.05) is 6.67 Å². The average Bonchev–Trinajstić information content (AvgIpc) is 3.48. The molecular formula is C33H66F6. The number of rotatable bonds is 10. The van der Waals surface area contributed by atoms with Crippen LogP contribution in [0.15, 0.2) is 0 Å². The van der Waals surface area contributed by atoms with Gasteiger partial charge < -0.3 is 0 Å². The van der Waals surface area contributed by atoms with E-state index in [0.717, 1.165) is 31.6 Å². The first kappa shape index (κ1) is 43.0. The molecule has 1 rings (SSSR count). The Labute approximate surface area is 239 Å². The molecule has 0 bridgehead atoms. The Hall–Kier alpha value is -0.420. The standard InChI is InChI=1S/C9H18.C8H15F3.C8H16F2.C8H17F/c1-9(2,3)7-6-8-4-5-8;1-7(2,3)5-4-6-8(9,10)11;1-8(2,3)6-4-5-7(9)10;1-8(2,3)6-4-5-7-9/h8H,4-7H2,1-3H3;4-6H2,1-3H3;7H,4-6H2,1-3H3;4-7H2,1-3H3. The summed E-state index contributed by atoms with van der Waals surface area (Å²) in [5.41, 5.74) is 1.18. The van der Waals surface area contributed by atoms with Gasteiger partial charge in [0.25, 0.3) is 0 Å². The van der Waals surface area contributed by atoms with Crippen LogP contribution >= 0.6 is 0 Å². The van der Waals surface area contributed by atoms with Gasteiger partial charge in [-0.2, -0.15) is 13.2 Å². The molecular weight excluding hydrogens is 510 g/mol. The molecule has 0 radical (unpaired) electrons. The largest absolute Gasteiger partial charge is 0.389 e. The molecule has 1 aliphatic carbocycles. The lowest BCUT2D eigenvalue weighted by molar-refractivity contribution is -0.136. The first-order valence-corrected chi connectivity index (χ1v) is 15.2. The second-order valence-electron chi connectivity index (χ2n) is 16.1. The number of hydrogen-bond donors (Lipinski definition) is 0. The highest BCUT2D eigenvalue weighted by Crippen LogP contribution is 2.37. The summed E-state index contributed by atoms with van der Waals surface area (Å²) in [5.74, 6) is 1.12. The van der Waals surface area contributed by atoms with E-state index in [4.69, 9.17) is 0 Å². The smallest absolute Gasteiger partial charge is 0.251 e. The third-order valence-corrected chi connectivity index (χ3v) is 6.05. The van der Waals surface area contributed by atoms with Gasteiger partial charge in [-0.1, -0.05) is 102 Å². The van der Waals surface area contributed by atoms with E-state index in [0.29, 0.717) is 23.7 Å². The molecule has 240 valence electrons. The molecule has 0 unspecified atom stereocenters. The van der Waals surface area contributed by atoms with Crippen LogP contribution in [0.4, 0.5) is 26.3 Å². The van der Waals surface area contributed by atoms with Crippen LogP contribution in [0.25, 0.3) is 0 Å². The summed E-state index contributed by atoms with van der Waals surface area (Å²) in [5, 5.41) is 0. The summed E-state index contributed by atoms with van der Waals surface area (Å²) in [4.78, 5) is 0. The Morgan fingerprint density at radius 1 is 0.538 bits per heavy atom. The monoisotopic (exact) mass is 577 g/mol. The van der Waals surface area contributed by atoms with Crippen molar-refractivity contribution in [1.82, 2.24) is 0 Å². The Kier molecular flexibility index (Phi) is 22.6. The van der Waals surface area contributed by atoms with E-state index in [9.17, 15) is 26.3 Å². The van der Waals surface area contributed by atoms with Crippen molar-refractivity contribution >= 4 is 0 Å². The van der Waals surface area contributed by atoms with E-state index in [2.05, 4.69) is 62.3 Å². The van der Waals surface area contributed by atoms with Crippen molar-refractivity contribution in [1.29, 1.82) is 0 Å². The minimum Gasteiger partial charge on any atom is -0.251 e. The van der Waals surface area contributed by atoms with E-state index in [1.54, 1.807) is 0 Å². The number of unbranched alkanes of at least 4 members (excludes halogenated alkanes) is 1. The Morgan fingerprint density at radius 2 is 0.923 bits per heavy atom. The summed E-state index contributed by atoms with van der Waals surface area (Å²) in [6.45, 7) is 25.4. The van der Waals surface area contributed by atoms with Crippen LogP contribution in [0.1, 0.15) is 167 Å². The lowest BCUT2D eigenvalue weighted by Crippen LogP contribution is -2.10. The zero-order chi connectivity index (χ0) is 31.6. The van der Waals surface area contributed by atoms with Crippen LogP contribution in [-0.2, 0) is 0 Å². The van der Waals surface area contributed by atoms with E-state index >= 15 is 0 Å². The Bertz CT molecular complexity index is 521. The van der Waals surface area contributed by atoms with Crippen LogP contribution in [0, 0.1) is 27.6 Å². The normalized spacial score (nSPS) is 14.5. The molecule has 0 spiro atoms. The van der Waals surface area contributed by atoms with Crippen LogP contribution in [-0.4, -0.2) is 19.3 Å². The topological polar surface area (TPSA) is 0 Å². The van der Waals surface area contributed by atoms with Gasteiger partial charge in [0.15, 0.2) is 0 Å². The summed E-state index contributed by atoms with van der Waals surface area (Å²) in [6.07, 6.45) is 4.51. The molecule has 0 heterocycles. The molecule has 0 amide bonds. The van der Waals surface area contributed by atoms with Gasteiger partial charge in [0.05, 0.1) is 6.67 Å². The number of alkyl halides is 6. The van der Waals surface area contributed by atoms with Crippen molar-refractivity contribution in [3.63, 3.8) is 0 Å². The first-order valence-electron chi connectivity index (χ1n) is 15.2. The molecule has 1 aliphatic rings. The summed E-state index contributed by atoms with van der Waals surface area (Å²) < 4.78 is 69.7. The third kappa shape index (κ3) is 54.4. The van der Waals surface area contributed by atoms with Crippen molar-refractivity contribution in [2.45, 2.75) is 179 Å². The van der Waals surface area contributed by atoms with Gasteiger partial charge in [-0.25, -0.2) is 8.78 Å². The van der Waals surface area contributed by atoms with Gasteiger partial charge in [0.1, 0.15) is 0 Å². The lowest BCUT2D eigenvalue weighted by Gasteiger charge is -2.17. The van der Waals surface area contributed by atoms with E-state index in [1.165, 1.54) is 25.7 Å². The van der Waals surface area contributed by atoms with Crippen LogP contribution in [0.2, 0.25) is 0 Å². The summed E-state index contributed by atoms with van der Waals surface area (Å²) in [6, 6.07) is 0. The van der Waals surface area contributed by atoms with Gasteiger partial charge in [-0.3, -0.25) is 4.39 Å². The molecule has 1 fully saturated rings. The highest BCUT2D eigenvalue weighted by molar-refractivity contribution is 4.75. The van der Waals surface area contributed by atoms with Crippen molar-refractivity contribution in [3.8, 4) is 0 Å². The molecule has 39 heavy (non-hydrogen) atoms. The molecule has 0 N–H and O–H groups in total. The maximum Gasteiger partial charge on any atom is 0.389 e. The maximum absolute atomic E-state index is 11.6. The molecule has 0 aliphatic heterocycles. The Morgan fingerprint density at radius 3 is 1.23 bits per heavy atom. The average molecular weight is 577 g/mol. The summed E-state index contributed by atoms with van der Waals surface area (Å²) in [7, 11) is 0. The maximum atomic E-state index is 11.6. The van der Waals surface area contributed by atoms with Gasteiger partial charge in [0, 0.05) is 12.8 Å². The predicted octanol–water partition coefficient (Wildman–Crippen LogP) is 13.6. The molecule has 0 aromatic heterocycles. The van der Waals surface area contributed by atoms with Gasteiger partial charge in [-0.05, 0) is 78.9 Å². The summed E-state index contributed by atoms with van der Waals surface area (Å²) >= 11 is 0. The lowest BCUT2D eigenvalue weighted by atomic mass is 9.89. The van der Waals surface area contributed by atoms with Crippen LogP contribution in [0.3, 0.4) is 0 Å². The second-order valence-corrected chi connectivity index (χ2v) is 16.1. The van der Waals surface area contributed by atoms with Crippen molar-refractivity contribution in [3.05, 3.63) is 0 Å². The molecule has 1 saturated carbocycles. The van der Waals surface area contributed by atoms with Crippen LogP contribution in [0.5, 0.6) is 0 Å². The highest BCUT2D eigenvalue weighted by Gasteiger charge is 2.27. The zero-order valence-electron chi connectivity index (χ0n) is 27.8. The minimum atomic E-state index is -3.98. The molecule has 6 heteroatoms. The number of hydrogen-bond acceptors (Lipinski definition) is 0. The fourth-order valence-corrected chi connectivity index (χ4v) is 3.40. The van der Waals surface area contributed by atoms with Crippen LogP contribution < -0.4 is 0 Å². The number of halogens is 6. The molecule has 0 nitrogen and oxygen atoms in total. The quantitative estimate of drug-likeness (QED) is 0.179.